The van der Waals surface area contributed by atoms with Crippen molar-refractivity contribution in [3.63, 3.8) is 0 Å². The molecule has 18 heavy (non-hydrogen) atoms. The normalized spacial score (nSPS) is 10.1. The zero-order valence-electron chi connectivity index (χ0n) is 9.89. The summed E-state index contributed by atoms with van der Waals surface area (Å²) < 4.78 is 11.7. The molecule has 0 spiro atoms. The number of ether oxygens (including phenoxy) is 2. The number of para-hydroxylation sites is 2. The van der Waals surface area contributed by atoms with Gasteiger partial charge in [-0.25, -0.2) is 0 Å². The minimum absolute atomic E-state index is 0.208. The molecule has 0 unspecified atom stereocenters. The zero-order chi connectivity index (χ0) is 13.0. The number of phenols is 1. The molecule has 2 aromatic carbocycles. The number of benzene rings is 2. The van der Waals surface area contributed by atoms with Gasteiger partial charge in [0, 0.05) is 10.0 Å². The fourth-order valence-corrected chi connectivity index (χ4v) is 1.90. The molecule has 0 amide bonds. The van der Waals surface area contributed by atoms with Crippen molar-refractivity contribution in [2.45, 2.75) is 6.61 Å². The molecular weight excluding hydrogens is 296 g/mol. The van der Waals surface area contributed by atoms with E-state index in [-0.39, 0.29) is 5.75 Å². The molecule has 0 fully saturated rings. The van der Waals surface area contributed by atoms with Crippen LogP contribution in [0.15, 0.2) is 46.9 Å². The molecule has 0 bridgehead atoms. The summed E-state index contributed by atoms with van der Waals surface area (Å²) in [6.45, 7) is 0.291. The Kier molecular flexibility index (Phi) is 4.10. The van der Waals surface area contributed by atoms with E-state index in [4.69, 9.17) is 9.47 Å². The largest absolute Gasteiger partial charge is 0.507 e. The van der Waals surface area contributed by atoms with Gasteiger partial charge in [-0.05, 0) is 24.3 Å². The maximum absolute atomic E-state index is 9.75. The van der Waals surface area contributed by atoms with Crippen LogP contribution >= 0.6 is 15.9 Å². The van der Waals surface area contributed by atoms with E-state index in [1.165, 1.54) is 0 Å². The van der Waals surface area contributed by atoms with E-state index in [1.54, 1.807) is 13.2 Å². The van der Waals surface area contributed by atoms with Gasteiger partial charge < -0.3 is 14.6 Å². The predicted molar refractivity (Wildman–Crippen MR) is 73.1 cm³/mol. The highest BCUT2D eigenvalue weighted by Crippen LogP contribution is 2.28. The summed E-state index contributed by atoms with van der Waals surface area (Å²) >= 11 is 3.29. The number of methoxy groups -OCH3 is 1. The Morgan fingerprint density at radius 3 is 2.50 bits per heavy atom. The van der Waals surface area contributed by atoms with Crippen molar-refractivity contribution in [1.82, 2.24) is 0 Å². The van der Waals surface area contributed by atoms with E-state index >= 15 is 0 Å². The van der Waals surface area contributed by atoms with Crippen LogP contribution < -0.4 is 9.47 Å². The van der Waals surface area contributed by atoms with Gasteiger partial charge in [0.15, 0.2) is 11.5 Å². The van der Waals surface area contributed by atoms with Crippen molar-refractivity contribution in [3.05, 3.63) is 52.5 Å². The van der Waals surface area contributed by atoms with Gasteiger partial charge in [-0.1, -0.05) is 34.1 Å². The van der Waals surface area contributed by atoms with E-state index in [0.717, 1.165) is 10.0 Å². The van der Waals surface area contributed by atoms with Crippen molar-refractivity contribution >= 4 is 15.9 Å². The highest BCUT2D eigenvalue weighted by Gasteiger charge is 2.06. The van der Waals surface area contributed by atoms with Crippen molar-refractivity contribution in [2.24, 2.45) is 0 Å². The first kappa shape index (κ1) is 12.8. The molecule has 0 aliphatic rings. The molecule has 3 nitrogen and oxygen atoms in total. The molecule has 1 N–H and O–H groups in total. The molecule has 0 atom stereocenters. The Bertz CT molecular complexity index is 540. The topological polar surface area (TPSA) is 38.7 Å². The molecule has 94 valence electrons. The second-order valence-corrected chi connectivity index (χ2v) is 4.63. The van der Waals surface area contributed by atoms with Gasteiger partial charge in [-0.3, -0.25) is 0 Å². The fourth-order valence-electron chi connectivity index (χ4n) is 1.55. The van der Waals surface area contributed by atoms with Crippen LogP contribution in [0, 0.1) is 0 Å². The third-order valence-electron chi connectivity index (χ3n) is 2.50. The number of hydrogen-bond acceptors (Lipinski definition) is 3. The molecule has 2 aromatic rings. The Labute approximate surface area is 114 Å². The number of rotatable bonds is 4. The van der Waals surface area contributed by atoms with E-state index < -0.39 is 0 Å². The second-order valence-electron chi connectivity index (χ2n) is 3.71. The van der Waals surface area contributed by atoms with E-state index in [9.17, 15) is 5.11 Å². The lowest BCUT2D eigenvalue weighted by molar-refractivity contribution is 0.279. The van der Waals surface area contributed by atoms with E-state index in [2.05, 4.69) is 15.9 Å². The quantitative estimate of drug-likeness (QED) is 0.935. The van der Waals surface area contributed by atoms with Crippen LogP contribution in [-0.2, 0) is 6.61 Å². The van der Waals surface area contributed by atoms with Gasteiger partial charge >= 0.3 is 0 Å². The third kappa shape index (κ3) is 2.96. The average molecular weight is 309 g/mol. The van der Waals surface area contributed by atoms with Crippen LogP contribution in [-0.4, -0.2) is 12.2 Å². The molecule has 0 saturated carbocycles. The molecule has 0 aliphatic carbocycles. The average Bonchev–Trinajstić information content (AvgIpc) is 2.38. The SMILES string of the molecule is COc1ccccc1OCc1ccc(Br)cc1O. The van der Waals surface area contributed by atoms with Gasteiger partial charge in [0.25, 0.3) is 0 Å². The van der Waals surface area contributed by atoms with Gasteiger partial charge in [0.05, 0.1) is 7.11 Å². The molecule has 0 aliphatic heterocycles. The number of phenolic OH excluding ortho intramolecular Hbond substituents is 1. The predicted octanol–water partition coefficient (Wildman–Crippen LogP) is 3.74. The minimum Gasteiger partial charge on any atom is -0.507 e. The molecule has 2 rings (SSSR count). The van der Waals surface area contributed by atoms with Crippen molar-refractivity contribution in [2.75, 3.05) is 7.11 Å². The molecule has 0 radical (unpaired) electrons. The van der Waals surface area contributed by atoms with E-state index in [1.807, 2.05) is 36.4 Å². The van der Waals surface area contributed by atoms with Gasteiger partial charge in [0.2, 0.25) is 0 Å². The van der Waals surface area contributed by atoms with Crippen molar-refractivity contribution < 1.29 is 14.6 Å². The summed E-state index contributed by atoms with van der Waals surface area (Å²) in [5.74, 6) is 1.54. The van der Waals surface area contributed by atoms with Gasteiger partial charge in [0.1, 0.15) is 12.4 Å². The molecule has 4 heteroatoms. The molecule has 0 saturated heterocycles. The summed E-state index contributed by atoms with van der Waals surface area (Å²) in [5, 5.41) is 9.75. The first-order valence-corrected chi connectivity index (χ1v) is 6.23. The Hall–Kier alpha value is -1.68. The van der Waals surface area contributed by atoms with Crippen LogP contribution in [0.25, 0.3) is 0 Å². The molecule has 0 aromatic heterocycles. The summed E-state index contributed by atoms with van der Waals surface area (Å²) in [7, 11) is 1.60. The summed E-state index contributed by atoms with van der Waals surface area (Å²) in [4.78, 5) is 0. The zero-order valence-corrected chi connectivity index (χ0v) is 11.5. The second kappa shape index (κ2) is 5.78. The number of aromatic hydroxyl groups is 1. The molecular formula is C14H13BrO3. The van der Waals surface area contributed by atoms with Crippen LogP contribution in [0.4, 0.5) is 0 Å². The maximum Gasteiger partial charge on any atom is 0.161 e. The van der Waals surface area contributed by atoms with Gasteiger partial charge in [-0.2, -0.15) is 0 Å². The standard InChI is InChI=1S/C14H13BrO3/c1-17-13-4-2-3-5-14(13)18-9-10-6-7-11(15)8-12(10)16/h2-8,16H,9H2,1H3. The minimum atomic E-state index is 0.208. The van der Waals surface area contributed by atoms with Crippen LogP contribution in [0.1, 0.15) is 5.56 Å². The van der Waals surface area contributed by atoms with Crippen molar-refractivity contribution in [3.8, 4) is 17.2 Å². The monoisotopic (exact) mass is 308 g/mol. The van der Waals surface area contributed by atoms with E-state index in [0.29, 0.717) is 18.1 Å². The summed E-state index contributed by atoms with van der Waals surface area (Å²) in [6, 6.07) is 12.7. The Morgan fingerprint density at radius 2 is 1.83 bits per heavy atom. The molecule has 0 heterocycles. The number of hydrogen-bond donors (Lipinski definition) is 1. The third-order valence-corrected chi connectivity index (χ3v) is 2.99. The Morgan fingerprint density at radius 1 is 1.11 bits per heavy atom. The lowest BCUT2D eigenvalue weighted by Crippen LogP contribution is -1.97. The Balaban J connectivity index is 2.11. The highest BCUT2D eigenvalue weighted by molar-refractivity contribution is 9.10. The van der Waals surface area contributed by atoms with Crippen LogP contribution in [0.2, 0.25) is 0 Å². The maximum atomic E-state index is 9.75. The summed E-state index contributed by atoms with van der Waals surface area (Å²) in [6.07, 6.45) is 0. The lowest BCUT2D eigenvalue weighted by Gasteiger charge is -2.11. The smallest absolute Gasteiger partial charge is 0.161 e. The van der Waals surface area contributed by atoms with Crippen LogP contribution in [0.5, 0.6) is 17.2 Å². The first-order valence-electron chi connectivity index (χ1n) is 5.44. The number of halogens is 1. The first-order chi connectivity index (χ1) is 8.70. The van der Waals surface area contributed by atoms with Gasteiger partial charge in [-0.15, -0.1) is 0 Å². The highest BCUT2D eigenvalue weighted by atomic mass is 79.9. The summed E-state index contributed by atoms with van der Waals surface area (Å²) in [5.41, 5.74) is 0.726. The lowest BCUT2D eigenvalue weighted by atomic mass is 10.2. The fraction of sp³-hybridized carbons (Fsp3) is 0.143. The van der Waals surface area contributed by atoms with Crippen LogP contribution in [0.3, 0.4) is 0 Å². The van der Waals surface area contributed by atoms with Crippen molar-refractivity contribution in [1.29, 1.82) is 0 Å².